The molecule has 0 bridgehead atoms. The Balaban J connectivity index is 2.23. The fourth-order valence-corrected chi connectivity index (χ4v) is 2.08. The summed E-state index contributed by atoms with van der Waals surface area (Å²) in [5.41, 5.74) is 7.12. The van der Waals surface area contributed by atoms with Crippen LogP contribution in [-0.4, -0.2) is 24.2 Å². The maximum atomic E-state index is 13.0. The molecule has 2 aromatic rings. The lowest BCUT2D eigenvalue weighted by molar-refractivity contribution is 0.278. The fourth-order valence-electron chi connectivity index (χ4n) is 2.08. The molecule has 2 N–H and O–H groups in total. The van der Waals surface area contributed by atoms with Crippen LogP contribution >= 0.6 is 0 Å². The lowest BCUT2D eigenvalue weighted by Gasteiger charge is -2.14. The molecule has 6 nitrogen and oxygen atoms in total. The van der Waals surface area contributed by atoms with E-state index in [-0.39, 0.29) is 18.4 Å². The van der Waals surface area contributed by atoms with Crippen molar-refractivity contribution in [2.24, 2.45) is 0 Å². The summed E-state index contributed by atoms with van der Waals surface area (Å²) < 4.78 is 29.2. The van der Waals surface area contributed by atoms with Crippen LogP contribution in [0, 0.1) is 5.82 Å². The topological polar surface area (TPSA) is 79.5 Å². The van der Waals surface area contributed by atoms with Gasteiger partial charge in [0.1, 0.15) is 6.61 Å². The Kier molecular flexibility index (Phi) is 5.35. The molecule has 7 heteroatoms. The fraction of sp³-hybridized carbons (Fsp3) is 0.250. The number of allylic oxidation sites excluding steroid dienone is 1. The minimum Gasteiger partial charge on any atom is -0.493 e. The van der Waals surface area contributed by atoms with Crippen LogP contribution < -0.4 is 19.9 Å². The molecule has 23 heavy (non-hydrogen) atoms. The number of ether oxygens (including phenoxy) is 3. The van der Waals surface area contributed by atoms with Crippen molar-refractivity contribution >= 4 is 5.82 Å². The van der Waals surface area contributed by atoms with Crippen molar-refractivity contribution in [1.82, 2.24) is 9.97 Å². The standard InChI is InChI=1S/C16H18FN3O3/c1-4-5-11-6-10(7-13(21-2)14(11)22-3)9-23-16-19-8-12(17)15(18)20-16/h4,6-8H,1,5,9H2,2-3H3,(H2,18,19,20). The quantitative estimate of drug-likeness (QED) is 0.790. The molecule has 0 aliphatic carbocycles. The van der Waals surface area contributed by atoms with Crippen LogP contribution in [0.25, 0.3) is 0 Å². The summed E-state index contributed by atoms with van der Waals surface area (Å²) in [6.07, 6.45) is 3.36. The molecule has 1 aromatic heterocycles. The normalized spacial score (nSPS) is 10.2. The Bertz CT molecular complexity index is 707. The van der Waals surface area contributed by atoms with Gasteiger partial charge in [0, 0.05) is 5.56 Å². The van der Waals surface area contributed by atoms with Crippen molar-refractivity contribution in [1.29, 1.82) is 0 Å². The maximum absolute atomic E-state index is 13.0. The van der Waals surface area contributed by atoms with E-state index in [0.717, 1.165) is 17.3 Å². The molecule has 0 unspecified atom stereocenters. The molecule has 1 aromatic carbocycles. The van der Waals surface area contributed by atoms with Gasteiger partial charge < -0.3 is 19.9 Å². The van der Waals surface area contributed by atoms with Gasteiger partial charge in [-0.3, -0.25) is 0 Å². The van der Waals surface area contributed by atoms with Crippen molar-refractivity contribution in [3.05, 3.63) is 47.9 Å². The van der Waals surface area contributed by atoms with E-state index in [1.165, 1.54) is 0 Å². The van der Waals surface area contributed by atoms with E-state index in [9.17, 15) is 4.39 Å². The Morgan fingerprint density at radius 2 is 2.09 bits per heavy atom. The van der Waals surface area contributed by atoms with E-state index in [1.807, 2.05) is 6.07 Å². The Morgan fingerprint density at radius 3 is 2.70 bits per heavy atom. The number of rotatable bonds is 7. The molecule has 2 rings (SSSR count). The molecule has 0 amide bonds. The van der Waals surface area contributed by atoms with Crippen LogP contribution in [0.4, 0.5) is 10.2 Å². The van der Waals surface area contributed by atoms with Gasteiger partial charge in [0.2, 0.25) is 0 Å². The van der Waals surface area contributed by atoms with Gasteiger partial charge in [-0.25, -0.2) is 9.37 Å². The summed E-state index contributed by atoms with van der Waals surface area (Å²) in [7, 11) is 3.14. The van der Waals surface area contributed by atoms with Crippen molar-refractivity contribution in [3.8, 4) is 17.5 Å². The Morgan fingerprint density at radius 1 is 1.30 bits per heavy atom. The summed E-state index contributed by atoms with van der Waals surface area (Å²) in [5, 5.41) is 0. The predicted octanol–water partition coefficient (Wildman–Crippen LogP) is 2.52. The average molecular weight is 319 g/mol. The third-order valence-corrected chi connectivity index (χ3v) is 3.10. The number of aromatic nitrogens is 2. The second kappa shape index (κ2) is 7.44. The van der Waals surface area contributed by atoms with Gasteiger partial charge in [-0.2, -0.15) is 4.98 Å². The van der Waals surface area contributed by atoms with Crippen molar-refractivity contribution in [2.75, 3.05) is 20.0 Å². The third kappa shape index (κ3) is 3.88. The van der Waals surface area contributed by atoms with Crippen LogP contribution in [0.1, 0.15) is 11.1 Å². The number of halogens is 1. The molecule has 0 spiro atoms. The highest BCUT2D eigenvalue weighted by atomic mass is 19.1. The molecule has 1 heterocycles. The maximum Gasteiger partial charge on any atom is 0.318 e. The highest BCUT2D eigenvalue weighted by Crippen LogP contribution is 2.33. The van der Waals surface area contributed by atoms with E-state index in [0.29, 0.717) is 17.9 Å². The second-order valence-corrected chi connectivity index (χ2v) is 4.66. The van der Waals surface area contributed by atoms with Gasteiger partial charge in [-0.05, 0) is 24.1 Å². The first kappa shape index (κ1) is 16.5. The van der Waals surface area contributed by atoms with Gasteiger partial charge >= 0.3 is 6.01 Å². The largest absolute Gasteiger partial charge is 0.493 e. The van der Waals surface area contributed by atoms with E-state index < -0.39 is 5.82 Å². The molecule has 0 aliphatic rings. The Hall–Kier alpha value is -2.83. The summed E-state index contributed by atoms with van der Waals surface area (Å²) in [5.74, 6) is 0.301. The van der Waals surface area contributed by atoms with Crippen molar-refractivity contribution in [3.63, 3.8) is 0 Å². The minimum atomic E-state index is -0.684. The molecule has 0 atom stereocenters. The number of anilines is 1. The number of hydrogen-bond donors (Lipinski definition) is 1. The first-order valence-corrected chi connectivity index (χ1v) is 6.84. The molecule has 0 saturated heterocycles. The molecule has 0 aliphatic heterocycles. The smallest absolute Gasteiger partial charge is 0.318 e. The molecular formula is C16H18FN3O3. The average Bonchev–Trinajstić information content (AvgIpc) is 2.55. The lowest BCUT2D eigenvalue weighted by Crippen LogP contribution is -2.05. The predicted molar refractivity (Wildman–Crippen MR) is 84.2 cm³/mol. The first-order valence-electron chi connectivity index (χ1n) is 6.84. The van der Waals surface area contributed by atoms with E-state index in [1.54, 1.807) is 26.4 Å². The molecule has 0 fully saturated rings. The molecule has 0 saturated carbocycles. The minimum absolute atomic E-state index is 0.00366. The lowest BCUT2D eigenvalue weighted by atomic mass is 10.1. The molecule has 122 valence electrons. The van der Waals surface area contributed by atoms with Gasteiger partial charge in [0.05, 0.1) is 20.4 Å². The number of hydrogen-bond acceptors (Lipinski definition) is 6. The van der Waals surface area contributed by atoms with E-state index >= 15 is 0 Å². The van der Waals surface area contributed by atoms with Gasteiger partial charge in [0.15, 0.2) is 23.1 Å². The van der Waals surface area contributed by atoms with Crippen molar-refractivity contribution in [2.45, 2.75) is 13.0 Å². The van der Waals surface area contributed by atoms with Crippen LogP contribution in [0.15, 0.2) is 31.0 Å². The monoisotopic (exact) mass is 319 g/mol. The summed E-state index contributed by atoms with van der Waals surface area (Å²) >= 11 is 0. The zero-order chi connectivity index (χ0) is 16.8. The summed E-state index contributed by atoms with van der Waals surface area (Å²) in [6, 6.07) is 3.71. The number of benzene rings is 1. The van der Waals surface area contributed by atoms with E-state index in [4.69, 9.17) is 19.9 Å². The van der Waals surface area contributed by atoms with Crippen LogP contribution in [0.3, 0.4) is 0 Å². The number of nitrogens with two attached hydrogens (primary N) is 1. The van der Waals surface area contributed by atoms with Crippen LogP contribution in [0.5, 0.6) is 17.5 Å². The number of methoxy groups -OCH3 is 2. The first-order chi connectivity index (χ1) is 11.1. The number of nitrogens with zero attached hydrogens (tertiary/aromatic N) is 2. The summed E-state index contributed by atoms with van der Waals surface area (Å²) in [6.45, 7) is 3.91. The van der Waals surface area contributed by atoms with Gasteiger partial charge in [0.25, 0.3) is 0 Å². The molecular weight excluding hydrogens is 301 g/mol. The zero-order valence-electron chi connectivity index (χ0n) is 13.0. The van der Waals surface area contributed by atoms with Gasteiger partial charge in [-0.1, -0.05) is 6.08 Å². The SMILES string of the molecule is C=CCc1cc(COc2ncc(F)c(N)n2)cc(OC)c1OC. The van der Waals surface area contributed by atoms with E-state index in [2.05, 4.69) is 16.5 Å². The Labute approximate surface area is 133 Å². The molecule has 0 radical (unpaired) electrons. The zero-order valence-corrected chi connectivity index (χ0v) is 13.0. The summed E-state index contributed by atoms with van der Waals surface area (Å²) in [4.78, 5) is 7.45. The second-order valence-electron chi connectivity index (χ2n) is 4.66. The highest BCUT2D eigenvalue weighted by Gasteiger charge is 2.12. The van der Waals surface area contributed by atoms with Gasteiger partial charge in [-0.15, -0.1) is 6.58 Å². The third-order valence-electron chi connectivity index (χ3n) is 3.10. The van der Waals surface area contributed by atoms with Crippen LogP contribution in [-0.2, 0) is 13.0 Å². The highest BCUT2D eigenvalue weighted by molar-refractivity contribution is 5.50. The van der Waals surface area contributed by atoms with Crippen molar-refractivity contribution < 1.29 is 18.6 Å². The number of nitrogen functional groups attached to an aromatic ring is 1. The van der Waals surface area contributed by atoms with Crippen LogP contribution in [0.2, 0.25) is 0 Å².